The van der Waals surface area contributed by atoms with Crippen molar-refractivity contribution in [3.05, 3.63) is 172 Å². The van der Waals surface area contributed by atoms with Gasteiger partial charge in [0.2, 0.25) is 0 Å². The molecule has 0 amide bonds. The molecule has 49 heavy (non-hydrogen) atoms. The predicted molar refractivity (Wildman–Crippen MR) is 184 cm³/mol. The van der Waals surface area contributed by atoms with Gasteiger partial charge >= 0.3 is 103 Å². The minimum Gasteiger partial charge on any atom is -1.00 e. The van der Waals surface area contributed by atoms with Gasteiger partial charge in [-0.2, -0.15) is 0 Å². The fourth-order valence-electron chi connectivity index (χ4n) is 3.52. The standard InChI is InChI=1S/C18H13BrO2.C12H9FO.C6H5BrO.CH2O3.2K.H/c19-14-6-4-9-16(12-14)21-18-11-5-10-17(13-18)20-15-7-2-1-3-8-15;13-10-5-4-8-12(9-10)14-11-6-2-1-3-7-11;7-5-2-1-3-6(8)4-5;2-1-4-3;;;/h1-13H;1-9H;1-4,8H;1,3H;;;/q;;;;2*+1;-1/p-1. The van der Waals surface area contributed by atoms with Crippen molar-refractivity contribution in [2.75, 3.05) is 0 Å². The Morgan fingerprint density at radius 3 is 1.31 bits per heavy atom. The molecule has 0 unspecified atom stereocenters. The molecule has 0 aliphatic rings. The number of phenols is 1. The molecule has 1 N–H and O–H groups in total. The van der Waals surface area contributed by atoms with Crippen molar-refractivity contribution >= 4 is 38.3 Å². The number of hydrogen-bond donors (Lipinski definition) is 1. The Balaban J connectivity index is 0.000000718. The molecule has 0 saturated carbocycles. The monoisotopic (exact) mass is 840 g/mol. The van der Waals surface area contributed by atoms with Crippen molar-refractivity contribution in [1.29, 1.82) is 0 Å². The van der Waals surface area contributed by atoms with Gasteiger partial charge in [-0.25, -0.2) is 4.39 Å². The van der Waals surface area contributed by atoms with E-state index in [-0.39, 0.29) is 116 Å². The van der Waals surface area contributed by atoms with E-state index in [0.717, 1.165) is 31.9 Å². The summed E-state index contributed by atoms with van der Waals surface area (Å²) in [4.78, 5) is 11.2. The van der Waals surface area contributed by atoms with Crippen LogP contribution >= 0.6 is 31.9 Å². The average molecular weight is 843 g/mol. The number of hydrogen-bond acceptors (Lipinski definition) is 7. The fourth-order valence-corrected chi connectivity index (χ4v) is 4.29. The summed E-state index contributed by atoms with van der Waals surface area (Å²) in [5.74, 6) is 4.28. The van der Waals surface area contributed by atoms with Gasteiger partial charge < -0.3 is 30.9 Å². The van der Waals surface area contributed by atoms with Gasteiger partial charge in [-0.1, -0.05) is 92.5 Å². The zero-order valence-corrected chi connectivity index (χ0v) is 36.0. The van der Waals surface area contributed by atoms with E-state index in [0.29, 0.717) is 17.2 Å². The number of para-hydroxylation sites is 2. The van der Waals surface area contributed by atoms with Gasteiger partial charge in [-0.3, -0.25) is 4.79 Å². The van der Waals surface area contributed by atoms with Crippen molar-refractivity contribution < 1.29 is 143 Å². The molecule has 6 aromatic carbocycles. The molecule has 0 radical (unpaired) electrons. The molecule has 0 bridgehead atoms. The fraction of sp³-hybridized carbons (Fsp3) is 0. The molecule has 0 aliphatic carbocycles. The largest absolute Gasteiger partial charge is 1.00 e. The van der Waals surface area contributed by atoms with E-state index >= 15 is 0 Å². The number of halogens is 3. The van der Waals surface area contributed by atoms with Crippen LogP contribution in [0, 0.1) is 5.82 Å². The quantitative estimate of drug-likeness (QED) is 0.111. The summed E-state index contributed by atoms with van der Waals surface area (Å²) < 4.78 is 31.7. The Hall–Kier alpha value is -1.89. The van der Waals surface area contributed by atoms with Gasteiger partial charge in [0.25, 0.3) is 6.47 Å². The minimum atomic E-state index is -0.293. The molecule has 0 spiro atoms. The molecule has 0 heterocycles. The van der Waals surface area contributed by atoms with Gasteiger partial charge in [0.05, 0.1) is 0 Å². The molecule has 0 aromatic heterocycles. The normalized spacial score (nSPS) is 9.06. The van der Waals surface area contributed by atoms with Crippen LogP contribution in [0.1, 0.15) is 1.43 Å². The van der Waals surface area contributed by atoms with E-state index in [1.807, 2.05) is 115 Å². The number of benzene rings is 6. The molecular weight excluding hydrogens is 813 g/mol. The van der Waals surface area contributed by atoms with Crippen LogP contribution in [0.2, 0.25) is 0 Å². The number of phenolic OH excluding ortho intramolecular Hbond substituents is 1. The van der Waals surface area contributed by atoms with Gasteiger partial charge in [0.1, 0.15) is 46.1 Å². The third-order valence-corrected chi connectivity index (χ3v) is 6.43. The first-order chi connectivity index (χ1) is 22.8. The van der Waals surface area contributed by atoms with Crippen LogP contribution in [0.3, 0.4) is 0 Å². The van der Waals surface area contributed by atoms with E-state index < -0.39 is 0 Å². The van der Waals surface area contributed by atoms with Crippen molar-refractivity contribution in [3.63, 3.8) is 0 Å². The third kappa shape index (κ3) is 19.9. The number of carbonyl (C=O) groups excluding carboxylic acids is 1. The molecule has 0 aliphatic heterocycles. The van der Waals surface area contributed by atoms with E-state index in [9.17, 15) is 4.39 Å². The second kappa shape index (κ2) is 26.9. The van der Waals surface area contributed by atoms with Crippen LogP contribution in [0.15, 0.2) is 167 Å². The van der Waals surface area contributed by atoms with Crippen molar-refractivity contribution in [3.8, 4) is 40.2 Å². The van der Waals surface area contributed by atoms with Crippen molar-refractivity contribution in [2.24, 2.45) is 0 Å². The van der Waals surface area contributed by atoms with Crippen LogP contribution in [-0.2, 0) is 9.68 Å². The van der Waals surface area contributed by atoms with Gasteiger partial charge in [-0.15, -0.1) is 0 Å². The SMILES string of the molecule is Brc1cccc(Oc2cccc(Oc3ccccc3)c2)c1.Fc1cccc(Oc2ccccc2)c1.O=CO[O-].Oc1cccc(Br)c1.[H-].[K+].[K+]. The number of carbonyl (C=O) groups is 1. The van der Waals surface area contributed by atoms with Crippen LogP contribution in [0.4, 0.5) is 4.39 Å². The van der Waals surface area contributed by atoms with Gasteiger partial charge in [0.15, 0.2) is 0 Å². The Bertz CT molecular complexity index is 1780. The molecule has 242 valence electrons. The summed E-state index contributed by atoms with van der Waals surface area (Å²) >= 11 is 6.63. The molecule has 0 fully saturated rings. The van der Waals surface area contributed by atoms with Crippen LogP contribution in [0.25, 0.3) is 0 Å². The van der Waals surface area contributed by atoms with E-state index in [4.69, 9.17) is 29.4 Å². The van der Waals surface area contributed by atoms with Crippen LogP contribution in [-0.4, -0.2) is 11.6 Å². The number of aromatic hydroxyl groups is 1. The third-order valence-electron chi connectivity index (χ3n) is 5.44. The maximum absolute atomic E-state index is 12.8. The van der Waals surface area contributed by atoms with E-state index in [1.54, 1.807) is 30.3 Å². The first-order valence-electron chi connectivity index (χ1n) is 13.8. The maximum Gasteiger partial charge on any atom is 1.00 e. The topological polar surface area (TPSA) is 97.3 Å². The Morgan fingerprint density at radius 1 is 0.531 bits per heavy atom. The number of ether oxygens (including phenoxy) is 3. The molecule has 0 atom stereocenters. The molecule has 6 aromatic rings. The van der Waals surface area contributed by atoms with Crippen LogP contribution in [0.5, 0.6) is 40.2 Å². The van der Waals surface area contributed by atoms with Crippen molar-refractivity contribution in [1.82, 2.24) is 0 Å². The van der Waals surface area contributed by atoms with E-state index in [1.165, 1.54) is 12.1 Å². The molecule has 6 rings (SSSR count). The Labute approximate surface area is 387 Å². The minimum absolute atomic E-state index is 0. The molecule has 12 heteroatoms. The first-order valence-corrected chi connectivity index (χ1v) is 15.3. The summed E-state index contributed by atoms with van der Waals surface area (Å²) in [6.07, 6.45) is 0. The van der Waals surface area contributed by atoms with Gasteiger partial charge in [-0.05, 0) is 84.9 Å². The van der Waals surface area contributed by atoms with Crippen molar-refractivity contribution in [2.45, 2.75) is 0 Å². The summed E-state index contributed by atoms with van der Waals surface area (Å²) in [5.41, 5.74) is 0. The summed E-state index contributed by atoms with van der Waals surface area (Å²) in [5, 5.41) is 17.2. The predicted octanol–water partition coefficient (Wildman–Crippen LogP) is 4.36. The zero-order chi connectivity index (χ0) is 33.7. The first kappa shape index (κ1) is 45.1. The summed E-state index contributed by atoms with van der Waals surface area (Å²) in [6, 6.07) is 47.3. The smallest absolute Gasteiger partial charge is 1.00 e. The average Bonchev–Trinajstić information content (AvgIpc) is 3.07. The second-order valence-electron chi connectivity index (χ2n) is 8.99. The number of rotatable bonds is 7. The van der Waals surface area contributed by atoms with Gasteiger partial charge in [0, 0.05) is 21.1 Å². The Morgan fingerprint density at radius 2 is 0.898 bits per heavy atom. The zero-order valence-electron chi connectivity index (χ0n) is 27.6. The summed E-state index contributed by atoms with van der Waals surface area (Å²) in [7, 11) is 0. The molecular formula is C37H29Br2FK2O7. The van der Waals surface area contributed by atoms with Crippen LogP contribution < -0.4 is 122 Å². The Kier molecular flexibility index (Phi) is 24.7. The summed E-state index contributed by atoms with van der Waals surface area (Å²) in [6.45, 7) is -0.181. The second-order valence-corrected chi connectivity index (χ2v) is 10.8. The van der Waals surface area contributed by atoms with E-state index in [2.05, 4.69) is 36.7 Å². The maximum atomic E-state index is 12.8. The molecule has 7 nitrogen and oxygen atoms in total. The molecule has 0 saturated heterocycles.